The van der Waals surface area contributed by atoms with Gasteiger partial charge in [-0.3, -0.25) is 15.1 Å². The Labute approximate surface area is 93.5 Å². The molecule has 1 unspecified atom stereocenters. The summed E-state index contributed by atoms with van der Waals surface area (Å²) >= 11 is 0. The van der Waals surface area contributed by atoms with Gasteiger partial charge in [0.25, 0.3) is 0 Å². The lowest BCUT2D eigenvalue weighted by molar-refractivity contribution is -0.384. The molecule has 0 radical (unpaired) electrons. The third-order valence-electron chi connectivity index (χ3n) is 2.33. The first-order valence-electron chi connectivity index (χ1n) is 5.14. The van der Waals surface area contributed by atoms with Crippen molar-refractivity contribution in [2.75, 3.05) is 11.9 Å². The normalized spacial score (nSPS) is 12.1. The minimum absolute atomic E-state index is 0.0334. The molecule has 0 aliphatic heterocycles. The molecule has 0 saturated heterocycles. The van der Waals surface area contributed by atoms with Gasteiger partial charge in [0.15, 0.2) is 0 Å². The highest BCUT2D eigenvalue weighted by atomic mass is 16.6. The number of hydrogen-bond acceptors (Lipinski definition) is 5. The maximum Gasteiger partial charge on any atom is 0.310 e. The predicted octanol–water partition coefficient (Wildman–Crippen LogP) is 1.56. The minimum atomic E-state index is -0.471. The molecule has 6 nitrogen and oxygen atoms in total. The van der Waals surface area contributed by atoms with E-state index in [4.69, 9.17) is 5.11 Å². The molecule has 6 heteroatoms. The molecule has 1 heterocycles. The van der Waals surface area contributed by atoms with Crippen LogP contribution in [-0.4, -0.2) is 27.7 Å². The van der Waals surface area contributed by atoms with Gasteiger partial charge in [-0.2, -0.15) is 0 Å². The van der Waals surface area contributed by atoms with Crippen LogP contribution in [-0.2, 0) is 0 Å². The van der Waals surface area contributed by atoms with E-state index in [1.807, 2.05) is 6.92 Å². The summed E-state index contributed by atoms with van der Waals surface area (Å²) in [6, 6.07) is 1.60. The summed E-state index contributed by atoms with van der Waals surface area (Å²) in [7, 11) is 0. The molecule has 1 aromatic heterocycles. The fraction of sp³-hybridized carbons (Fsp3) is 0.500. The molecule has 0 aliphatic rings. The number of nitrogens with zero attached hydrogens (tertiary/aromatic N) is 2. The quantitative estimate of drug-likeness (QED) is 0.566. The van der Waals surface area contributed by atoms with Crippen molar-refractivity contribution >= 4 is 11.4 Å². The predicted molar refractivity (Wildman–Crippen MR) is 60.3 cm³/mol. The summed E-state index contributed by atoms with van der Waals surface area (Å²) in [5.41, 5.74) is 0.402. The molecule has 88 valence electrons. The van der Waals surface area contributed by atoms with Gasteiger partial charge in [0.2, 0.25) is 0 Å². The zero-order valence-electron chi connectivity index (χ0n) is 9.09. The van der Waals surface area contributed by atoms with Crippen LogP contribution in [0.3, 0.4) is 0 Å². The van der Waals surface area contributed by atoms with Crippen LogP contribution in [0.15, 0.2) is 18.5 Å². The van der Waals surface area contributed by atoms with Crippen molar-refractivity contribution < 1.29 is 10.0 Å². The van der Waals surface area contributed by atoms with Gasteiger partial charge in [-0.05, 0) is 18.9 Å². The molecule has 1 rings (SSSR count). The Bertz CT molecular complexity index is 357. The van der Waals surface area contributed by atoms with Gasteiger partial charge in [0, 0.05) is 18.8 Å². The van der Waals surface area contributed by atoms with Crippen LogP contribution in [0.5, 0.6) is 0 Å². The molecule has 2 N–H and O–H groups in total. The Morgan fingerprint density at radius 1 is 1.69 bits per heavy atom. The molecule has 1 atom stereocenters. The summed E-state index contributed by atoms with van der Waals surface area (Å²) in [6.45, 7) is 2.02. The topological polar surface area (TPSA) is 88.3 Å². The second-order valence-electron chi connectivity index (χ2n) is 3.41. The average Bonchev–Trinajstić information content (AvgIpc) is 2.29. The van der Waals surface area contributed by atoms with Gasteiger partial charge >= 0.3 is 5.69 Å². The third kappa shape index (κ3) is 3.16. The number of pyridine rings is 1. The second-order valence-corrected chi connectivity index (χ2v) is 3.41. The molecular formula is C10H15N3O3. The van der Waals surface area contributed by atoms with Crippen LogP contribution >= 0.6 is 0 Å². The number of aromatic nitrogens is 1. The zero-order chi connectivity index (χ0) is 12.0. The number of anilines is 1. The zero-order valence-corrected chi connectivity index (χ0v) is 9.09. The van der Waals surface area contributed by atoms with Crippen LogP contribution in [0.4, 0.5) is 11.4 Å². The molecule has 0 fully saturated rings. The first-order valence-corrected chi connectivity index (χ1v) is 5.14. The van der Waals surface area contributed by atoms with Crippen LogP contribution in [0, 0.1) is 10.1 Å². The Kier molecular flexibility index (Phi) is 4.65. The van der Waals surface area contributed by atoms with Crippen LogP contribution in [0.1, 0.15) is 19.8 Å². The first kappa shape index (κ1) is 12.4. The lowest BCUT2D eigenvalue weighted by Crippen LogP contribution is -2.20. The van der Waals surface area contributed by atoms with Crippen molar-refractivity contribution in [1.29, 1.82) is 0 Å². The second kappa shape index (κ2) is 6.02. The fourth-order valence-electron chi connectivity index (χ4n) is 1.41. The van der Waals surface area contributed by atoms with Gasteiger partial charge in [0.1, 0.15) is 11.9 Å². The Morgan fingerprint density at radius 2 is 2.44 bits per heavy atom. The maximum atomic E-state index is 10.7. The lowest BCUT2D eigenvalue weighted by Gasteiger charge is -2.16. The standard InChI is InChI=1S/C10H15N3O3/c1-2-8(4-6-14)12-9-3-5-11-7-10(9)13(15)16/h3,5,7-8,14H,2,4,6H2,1H3,(H,11,12). The molecule has 0 aliphatic carbocycles. The Morgan fingerprint density at radius 3 is 3.00 bits per heavy atom. The van der Waals surface area contributed by atoms with Crippen molar-refractivity contribution in [1.82, 2.24) is 4.98 Å². The van der Waals surface area contributed by atoms with E-state index in [2.05, 4.69) is 10.3 Å². The van der Waals surface area contributed by atoms with E-state index in [1.165, 1.54) is 12.4 Å². The Balaban J connectivity index is 2.82. The summed E-state index contributed by atoms with van der Waals surface area (Å²) in [6.07, 6.45) is 4.07. The number of nitrogens with one attached hydrogen (secondary N) is 1. The van der Waals surface area contributed by atoms with E-state index < -0.39 is 4.92 Å². The maximum absolute atomic E-state index is 10.7. The summed E-state index contributed by atoms with van der Waals surface area (Å²) in [5, 5.41) is 22.6. The SMILES string of the molecule is CCC(CCO)Nc1ccncc1[N+](=O)[O-]. The largest absolute Gasteiger partial charge is 0.396 e. The van der Waals surface area contributed by atoms with Crippen molar-refractivity contribution in [2.45, 2.75) is 25.8 Å². The number of rotatable bonds is 6. The lowest BCUT2D eigenvalue weighted by atomic mass is 10.1. The van der Waals surface area contributed by atoms with Crippen molar-refractivity contribution in [3.05, 3.63) is 28.6 Å². The van der Waals surface area contributed by atoms with E-state index in [-0.39, 0.29) is 18.3 Å². The first-order chi connectivity index (χ1) is 7.69. The van der Waals surface area contributed by atoms with Gasteiger partial charge < -0.3 is 10.4 Å². The summed E-state index contributed by atoms with van der Waals surface area (Å²) in [5.74, 6) is 0. The van der Waals surface area contributed by atoms with Crippen molar-refractivity contribution in [3.63, 3.8) is 0 Å². The van der Waals surface area contributed by atoms with E-state index in [0.29, 0.717) is 12.1 Å². The van der Waals surface area contributed by atoms with Gasteiger partial charge in [-0.1, -0.05) is 6.92 Å². The summed E-state index contributed by atoms with van der Waals surface area (Å²) in [4.78, 5) is 14.0. The van der Waals surface area contributed by atoms with Crippen LogP contribution in [0.2, 0.25) is 0 Å². The smallest absolute Gasteiger partial charge is 0.310 e. The van der Waals surface area contributed by atoms with Crippen molar-refractivity contribution in [2.24, 2.45) is 0 Å². The number of nitro groups is 1. The molecule has 0 aromatic carbocycles. The van der Waals surface area contributed by atoms with E-state index in [1.54, 1.807) is 6.07 Å². The van der Waals surface area contributed by atoms with Gasteiger partial charge in [-0.15, -0.1) is 0 Å². The average molecular weight is 225 g/mol. The molecule has 0 spiro atoms. The highest BCUT2D eigenvalue weighted by Crippen LogP contribution is 2.23. The number of aliphatic hydroxyl groups excluding tert-OH is 1. The molecule has 0 amide bonds. The van der Waals surface area contributed by atoms with E-state index in [9.17, 15) is 10.1 Å². The highest BCUT2D eigenvalue weighted by Gasteiger charge is 2.15. The molecular weight excluding hydrogens is 210 g/mol. The minimum Gasteiger partial charge on any atom is -0.396 e. The highest BCUT2D eigenvalue weighted by molar-refractivity contribution is 5.60. The van der Waals surface area contributed by atoms with E-state index in [0.717, 1.165) is 6.42 Å². The summed E-state index contributed by atoms with van der Waals surface area (Å²) < 4.78 is 0. The van der Waals surface area contributed by atoms with Crippen LogP contribution < -0.4 is 5.32 Å². The van der Waals surface area contributed by atoms with Gasteiger partial charge in [0.05, 0.1) is 4.92 Å². The third-order valence-corrected chi connectivity index (χ3v) is 2.33. The molecule has 0 bridgehead atoms. The van der Waals surface area contributed by atoms with E-state index >= 15 is 0 Å². The molecule has 16 heavy (non-hydrogen) atoms. The Hall–Kier alpha value is -1.69. The fourth-order valence-corrected chi connectivity index (χ4v) is 1.41. The molecule has 0 saturated carbocycles. The van der Waals surface area contributed by atoms with Crippen LogP contribution in [0.25, 0.3) is 0 Å². The molecule has 1 aromatic rings. The van der Waals surface area contributed by atoms with Crippen molar-refractivity contribution in [3.8, 4) is 0 Å². The van der Waals surface area contributed by atoms with Gasteiger partial charge in [-0.25, -0.2) is 0 Å². The monoisotopic (exact) mass is 225 g/mol. The number of hydrogen-bond donors (Lipinski definition) is 2. The number of aliphatic hydroxyl groups is 1.